The molecule has 0 amide bonds. The molecular weight excluding hydrogens is 290 g/mol. The Morgan fingerprint density at radius 1 is 1.43 bits per heavy atom. The summed E-state index contributed by atoms with van der Waals surface area (Å²) in [6, 6.07) is 0. The molecule has 2 heterocycles. The van der Waals surface area contributed by atoms with Crippen molar-refractivity contribution in [1.29, 1.82) is 0 Å². The third-order valence-corrected chi connectivity index (χ3v) is 4.48. The summed E-state index contributed by atoms with van der Waals surface area (Å²) in [6.45, 7) is 4.78. The number of aromatic nitrogens is 5. The minimum Gasteiger partial charge on any atom is -0.388 e. The van der Waals surface area contributed by atoms with E-state index in [1.807, 2.05) is 11.5 Å². The lowest BCUT2D eigenvalue weighted by atomic mass is 10.4. The van der Waals surface area contributed by atoms with Crippen molar-refractivity contribution in [2.75, 3.05) is 0 Å². The molecule has 0 unspecified atom stereocenters. The van der Waals surface area contributed by atoms with E-state index in [9.17, 15) is 5.11 Å². The maximum atomic E-state index is 9.31. The van der Waals surface area contributed by atoms with Crippen LogP contribution >= 0.6 is 11.8 Å². The first kappa shape index (κ1) is 14.5. The maximum absolute atomic E-state index is 9.31. The minimum absolute atomic E-state index is 0.0105. The molecule has 7 nitrogen and oxygen atoms in total. The number of aliphatic hydroxyl groups excluding tert-OH is 1. The predicted molar refractivity (Wildman–Crippen MR) is 76.8 cm³/mol. The highest BCUT2D eigenvalue weighted by molar-refractivity contribution is 7.99. The summed E-state index contributed by atoms with van der Waals surface area (Å²) in [7, 11) is 0. The summed E-state index contributed by atoms with van der Waals surface area (Å²) in [6.07, 6.45) is 3.27. The van der Waals surface area contributed by atoms with Gasteiger partial charge in [0.25, 0.3) is 0 Å². The van der Waals surface area contributed by atoms with Crippen molar-refractivity contribution in [3.8, 4) is 0 Å². The summed E-state index contributed by atoms with van der Waals surface area (Å²) in [4.78, 5) is 4.47. The van der Waals surface area contributed by atoms with Gasteiger partial charge in [0, 0.05) is 12.5 Å². The molecule has 0 radical (unpaired) electrons. The van der Waals surface area contributed by atoms with Gasteiger partial charge in [0.05, 0.1) is 5.25 Å². The van der Waals surface area contributed by atoms with Gasteiger partial charge in [-0.25, -0.2) is 0 Å². The molecule has 1 aliphatic carbocycles. The maximum Gasteiger partial charge on any atom is 0.239 e. The smallest absolute Gasteiger partial charge is 0.239 e. The molecule has 0 aliphatic heterocycles. The van der Waals surface area contributed by atoms with Gasteiger partial charge in [0.15, 0.2) is 16.8 Å². The van der Waals surface area contributed by atoms with Crippen LogP contribution in [0.1, 0.15) is 61.8 Å². The van der Waals surface area contributed by atoms with E-state index in [0.717, 1.165) is 36.8 Å². The number of hydrogen-bond donors (Lipinski definition) is 1. The Kier molecular flexibility index (Phi) is 4.25. The van der Waals surface area contributed by atoms with Gasteiger partial charge < -0.3 is 14.2 Å². The Balaban J connectivity index is 1.73. The second-order valence-electron chi connectivity index (χ2n) is 5.23. The molecule has 1 atom stereocenters. The summed E-state index contributed by atoms with van der Waals surface area (Å²) >= 11 is 1.53. The monoisotopic (exact) mass is 309 g/mol. The van der Waals surface area contributed by atoms with Crippen LogP contribution in [0.5, 0.6) is 0 Å². The van der Waals surface area contributed by atoms with Gasteiger partial charge in [-0.05, 0) is 26.2 Å². The fourth-order valence-electron chi connectivity index (χ4n) is 2.10. The van der Waals surface area contributed by atoms with E-state index in [2.05, 4.69) is 27.3 Å². The van der Waals surface area contributed by atoms with Gasteiger partial charge in [0.2, 0.25) is 5.89 Å². The Labute approximate surface area is 127 Å². The van der Waals surface area contributed by atoms with Crippen molar-refractivity contribution in [3.63, 3.8) is 0 Å². The zero-order valence-corrected chi connectivity index (χ0v) is 13.0. The third kappa shape index (κ3) is 3.11. The Bertz CT molecular complexity index is 607. The molecule has 2 aromatic heterocycles. The van der Waals surface area contributed by atoms with Crippen LogP contribution in [0.25, 0.3) is 0 Å². The van der Waals surface area contributed by atoms with E-state index >= 15 is 0 Å². The normalized spacial score (nSPS) is 16.3. The van der Waals surface area contributed by atoms with Crippen molar-refractivity contribution in [1.82, 2.24) is 24.9 Å². The van der Waals surface area contributed by atoms with Crippen molar-refractivity contribution < 1.29 is 9.63 Å². The van der Waals surface area contributed by atoms with Gasteiger partial charge in [0.1, 0.15) is 6.61 Å². The van der Waals surface area contributed by atoms with Crippen LogP contribution in [0.4, 0.5) is 0 Å². The fraction of sp³-hybridized carbons (Fsp3) is 0.692. The highest BCUT2D eigenvalue weighted by Crippen LogP contribution is 2.40. The predicted octanol–water partition coefficient (Wildman–Crippen LogP) is 2.29. The highest BCUT2D eigenvalue weighted by atomic mass is 32.2. The lowest BCUT2D eigenvalue weighted by Gasteiger charge is -2.09. The number of nitrogens with zero attached hydrogens (tertiary/aromatic N) is 5. The molecule has 0 saturated heterocycles. The van der Waals surface area contributed by atoms with Crippen LogP contribution < -0.4 is 0 Å². The minimum atomic E-state index is -0.103. The van der Waals surface area contributed by atoms with Crippen LogP contribution in [-0.4, -0.2) is 30.0 Å². The Morgan fingerprint density at radius 2 is 2.24 bits per heavy atom. The molecule has 3 rings (SSSR count). The quantitative estimate of drug-likeness (QED) is 0.785. The van der Waals surface area contributed by atoms with Crippen LogP contribution in [-0.2, 0) is 13.2 Å². The van der Waals surface area contributed by atoms with Gasteiger partial charge in [-0.15, -0.1) is 10.2 Å². The second kappa shape index (κ2) is 6.15. The average molecular weight is 309 g/mol. The summed E-state index contributed by atoms with van der Waals surface area (Å²) in [5.41, 5.74) is 0. The number of aliphatic hydroxyl groups is 1. The van der Waals surface area contributed by atoms with Gasteiger partial charge in [-0.2, -0.15) is 4.98 Å². The summed E-state index contributed by atoms with van der Waals surface area (Å²) in [5, 5.41) is 22.3. The van der Waals surface area contributed by atoms with Crippen LogP contribution in [0.2, 0.25) is 0 Å². The SMILES string of the molecule is CCCn1c(CO)nnc1S[C@H](C)c1nc(C2CC2)no1. The first-order valence-corrected chi connectivity index (χ1v) is 8.14. The van der Waals surface area contributed by atoms with Gasteiger partial charge in [-0.3, -0.25) is 0 Å². The van der Waals surface area contributed by atoms with Crippen molar-refractivity contribution in [3.05, 3.63) is 17.5 Å². The van der Waals surface area contributed by atoms with E-state index in [0.29, 0.717) is 17.6 Å². The lowest BCUT2D eigenvalue weighted by Crippen LogP contribution is -2.05. The van der Waals surface area contributed by atoms with E-state index in [-0.39, 0.29) is 11.9 Å². The van der Waals surface area contributed by atoms with E-state index < -0.39 is 0 Å². The van der Waals surface area contributed by atoms with E-state index in [4.69, 9.17) is 4.52 Å². The third-order valence-electron chi connectivity index (χ3n) is 3.41. The van der Waals surface area contributed by atoms with Crippen molar-refractivity contribution in [2.45, 2.75) is 62.6 Å². The van der Waals surface area contributed by atoms with Crippen molar-refractivity contribution >= 4 is 11.8 Å². The van der Waals surface area contributed by atoms with Gasteiger partial charge >= 0.3 is 0 Å². The molecular formula is C13H19N5O2S. The number of hydrogen-bond acceptors (Lipinski definition) is 7. The lowest BCUT2D eigenvalue weighted by molar-refractivity contribution is 0.263. The van der Waals surface area contributed by atoms with Crippen LogP contribution in [0.3, 0.4) is 0 Å². The molecule has 1 aliphatic rings. The topological polar surface area (TPSA) is 89.9 Å². The zero-order chi connectivity index (χ0) is 14.8. The van der Waals surface area contributed by atoms with Gasteiger partial charge in [-0.1, -0.05) is 23.8 Å². The fourth-order valence-corrected chi connectivity index (χ4v) is 3.02. The standard InChI is InChI=1S/C13H19N5O2S/c1-3-6-18-10(7-19)15-16-13(18)21-8(2)12-14-11(17-20-12)9-4-5-9/h8-9,19H,3-7H2,1-2H3/t8-/m1/s1. The average Bonchev–Trinajstić information content (AvgIpc) is 3.09. The number of thioether (sulfide) groups is 1. The number of rotatable bonds is 7. The molecule has 0 bridgehead atoms. The van der Waals surface area contributed by atoms with E-state index in [1.54, 1.807) is 0 Å². The molecule has 8 heteroatoms. The first-order chi connectivity index (χ1) is 10.2. The van der Waals surface area contributed by atoms with E-state index in [1.165, 1.54) is 11.8 Å². The molecule has 1 N–H and O–H groups in total. The Hall–Kier alpha value is -1.41. The summed E-state index contributed by atoms with van der Waals surface area (Å²) < 4.78 is 7.29. The molecule has 2 aromatic rings. The largest absolute Gasteiger partial charge is 0.388 e. The first-order valence-electron chi connectivity index (χ1n) is 7.26. The molecule has 0 aromatic carbocycles. The highest BCUT2D eigenvalue weighted by Gasteiger charge is 2.30. The van der Waals surface area contributed by atoms with Crippen molar-refractivity contribution in [2.24, 2.45) is 0 Å². The van der Waals surface area contributed by atoms with Crippen LogP contribution in [0.15, 0.2) is 9.68 Å². The molecule has 1 fully saturated rings. The molecule has 0 spiro atoms. The Morgan fingerprint density at radius 3 is 2.90 bits per heavy atom. The zero-order valence-electron chi connectivity index (χ0n) is 12.2. The summed E-state index contributed by atoms with van der Waals surface area (Å²) in [5.74, 6) is 2.53. The molecule has 1 saturated carbocycles. The second-order valence-corrected chi connectivity index (χ2v) is 6.54. The molecule has 114 valence electrons. The van der Waals surface area contributed by atoms with Crippen LogP contribution in [0, 0.1) is 0 Å². The molecule has 21 heavy (non-hydrogen) atoms.